The van der Waals surface area contributed by atoms with Crippen LogP contribution in [0.25, 0.3) is 0 Å². The zero-order valence-electron chi connectivity index (χ0n) is 13.8. The number of nitrogens with one attached hydrogen (secondary N) is 1. The minimum absolute atomic E-state index is 0. The number of hydrogen-bond donors (Lipinski definition) is 1. The number of likely N-dealkylation sites (N-methyl/N-ethyl adjacent to an activating group) is 1. The molecule has 0 fully saturated rings. The Labute approximate surface area is 125 Å². The number of Topliss-reactive ketones (excluding diaryl/α,β-unsaturated/α-hetero) is 1. The van der Waals surface area contributed by atoms with Gasteiger partial charge in [-0.1, -0.05) is 27.7 Å². The summed E-state index contributed by atoms with van der Waals surface area (Å²) in [4.78, 5) is 23.0. The van der Waals surface area contributed by atoms with Crippen molar-refractivity contribution in [1.82, 2.24) is 9.62 Å². The first kappa shape index (κ1) is 24.1. The third-order valence-corrected chi connectivity index (χ3v) is 3.17. The van der Waals surface area contributed by atoms with Gasteiger partial charge in [0.15, 0.2) is 0 Å². The summed E-state index contributed by atoms with van der Waals surface area (Å²) in [7, 11) is -1.77. The quantitative estimate of drug-likeness (QED) is 0.773. The van der Waals surface area contributed by atoms with Gasteiger partial charge in [0, 0.05) is 8.35 Å². The lowest BCUT2D eigenvalue weighted by atomic mass is 10.4. The Bertz CT molecular complexity index is 359. The van der Waals surface area contributed by atoms with Crippen molar-refractivity contribution in [3.8, 4) is 0 Å². The van der Waals surface area contributed by atoms with Crippen molar-refractivity contribution in [3.63, 3.8) is 0 Å². The summed E-state index contributed by atoms with van der Waals surface area (Å²) in [6.45, 7) is 11.4. The Hall–Kier alpha value is -0.950. The first-order valence-electron chi connectivity index (χ1n) is 6.92. The van der Waals surface area contributed by atoms with Crippen molar-refractivity contribution >= 4 is 21.7 Å². The molecule has 0 saturated carbocycles. The van der Waals surface area contributed by atoms with Gasteiger partial charge in [-0.15, -0.1) is 0 Å². The summed E-state index contributed by atoms with van der Waals surface area (Å²) < 4.78 is 24.3. The number of carbonyl (C=O) groups is 2. The van der Waals surface area contributed by atoms with E-state index in [2.05, 4.69) is 0 Å². The fraction of sp³-hybridized carbons (Fsp3) is 0.846. The van der Waals surface area contributed by atoms with Gasteiger partial charge < -0.3 is 0 Å². The zero-order chi connectivity index (χ0) is 16.8. The molecule has 6 nitrogen and oxygen atoms in total. The largest absolute Gasteiger partial charge is 0.299 e. The van der Waals surface area contributed by atoms with Crippen molar-refractivity contribution < 1.29 is 19.4 Å². The van der Waals surface area contributed by atoms with Crippen LogP contribution in [0.3, 0.4) is 0 Å². The average Bonchev–Trinajstić information content (AvgIpc) is 2.31. The molecule has 0 aromatic heterocycles. The van der Waals surface area contributed by atoms with Gasteiger partial charge in [0.05, 0.1) is 12.3 Å². The topological polar surface area (TPSA) is 83.6 Å². The SMILES string of the molecule is CC.CC.CC(=O)CN(C)CCCS(=O)(=O)NC(C)=O.[HH]. The predicted octanol–water partition coefficient (Wildman–Crippen LogP) is 1.66. The van der Waals surface area contributed by atoms with Gasteiger partial charge in [0.25, 0.3) is 0 Å². The molecule has 0 saturated heterocycles. The maximum Gasteiger partial charge on any atom is 0.234 e. The normalized spacial score (nSPS) is 9.80. The number of hydrogen-bond acceptors (Lipinski definition) is 5. The highest BCUT2D eigenvalue weighted by Gasteiger charge is 2.12. The van der Waals surface area contributed by atoms with Crippen LogP contribution in [0.1, 0.15) is 49.4 Å². The molecule has 7 heteroatoms. The fourth-order valence-corrected chi connectivity index (χ4v) is 2.30. The average molecular weight is 312 g/mol. The smallest absolute Gasteiger partial charge is 0.234 e. The van der Waals surface area contributed by atoms with Crippen molar-refractivity contribution in [2.24, 2.45) is 0 Å². The highest BCUT2D eigenvalue weighted by atomic mass is 32.2. The van der Waals surface area contributed by atoms with Crippen LogP contribution in [0, 0.1) is 0 Å². The number of amides is 1. The van der Waals surface area contributed by atoms with Crippen LogP contribution in [-0.2, 0) is 19.6 Å². The lowest BCUT2D eigenvalue weighted by Crippen LogP contribution is -2.32. The maximum absolute atomic E-state index is 11.2. The Morgan fingerprint density at radius 3 is 1.90 bits per heavy atom. The van der Waals surface area contributed by atoms with Gasteiger partial charge in [0.1, 0.15) is 5.78 Å². The summed E-state index contributed by atoms with van der Waals surface area (Å²) in [6, 6.07) is 0. The summed E-state index contributed by atoms with van der Waals surface area (Å²) in [5.74, 6) is -0.668. The van der Waals surface area contributed by atoms with Crippen molar-refractivity contribution in [2.75, 3.05) is 25.9 Å². The summed E-state index contributed by atoms with van der Waals surface area (Å²) in [6.07, 6.45) is 0.381. The van der Waals surface area contributed by atoms with E-state index in [9.17, 15) is 18.0 Å². The minimum atomic E-state index is -3.52. The molecule has 0 heterocycles. The van der Waals surface area contributed by atoms with Crippen molar-refractivity contribution in [1.29, 1.82) is 0 Å². The third-order valence-electron chi connectivity index (χ3n) is 1.74. The standard InChI is InChI=1S/C9H18N2O4S.2C2H6.H2/c1-8(12)7-11(3)5-4-6-16(14,15)10-9(2)13;2*1-2;/h4-7H2,1-3H3,(H,10,13);2*1-2H3;1H. The minimum Gasteiger partial charge on any atom is -0.299 e. The van der Waals surface area contributed by atoms with Gasteiger partial charge in [0.2, 0.25) is 15.9 Å². The molecule has 0 bridgehead atoms. The summed E-state index contributed by atoms with van der Waals surface area (Å²) in [5.41, 5.74) is 0. The lowest BCUT2D eigenvalue weighted by Gasteiger charge is -2.14. The van der Waals surface area contributed by atoms with Crippen molar-refractivity contribution in [2.45, 2.75) is 48.0 Å². The second-order valence-electron chi connectivity index (χ2n) is 3.77. The predicted molar refractivity (Wildman–Crippen MR) is 85.2 cm³/mol. The van der Waals surface area contributed by atoms with Crippen LogP contribution in [0.15, 0.2) is 0 Å². The highest BCUT2D eigenvalue weighted by Crippen LogP contribution is 1.93. The van der Waals surface area contributed by atoms with E-state index >= 15 is 0 Å². The third kappa shape index (κ3) is 19.4. The molecule has 0 aliphatic heterocycles. The van der Waals surface area contributed by atoms with E-state index in [0.717, 1.165) is 6.92 Å². The van der Waals surface area contributed by atoms with Crippen LogP contribution in [0.2, 0.25) is 0 Å². The van der Waals surface area contributed by atoms with Gasteiger partial charge in [-0.2, -0.15) is 0 Å². The number of ketones is 1. The number of rotatable bonds is 7. The molecule has 1 N–H and O–H groups in total. The van der Waals surface area contributed by atoms with E-state index in [1.807, 2.05) is 32.4 Å². The van der Waals surface area contributed by atoms with E-state index in [4.69, 9.17) is 0 Å². The molecule has 0 unspecified atom stereocenters. The summed E-state index contributed by atoms with van der Waals surface area (Å²) >= 11 is 0. The van der Waals surface area contributed by atoms with Crippen LogP contribution >= 0.6 is 0 Å². The van der Waals surface area contributed by atoms with Gasteiger partial charge >= 0.3 is 0 Å². The Balaban J connectivity index is -0.000000264. The van der Waals surface area contributed by atoms with Gasteiger partial charge in [-0.3, -0.25) is 19.2 Å². The van der Waals surface area contributed by atoms with E-state index < -0.39 is 15.9 Å². The first-order valence-corrected chi connectivity index (χ1v) is 8.57. The molecule has 0 radical (unpaired) electrons. The summed E-state index contributed by atoms with van der Waals surface area (Å²) in [5, 5.41) is 0. The van der Waals surface area contributed by atoms with Crippen LogP contribution in [0.5, 0.6) is 0 Å². The van der Waals surface area contributed by atoms with Crippen LogP contribution in [0.4, 0.5) is 0 Å². The number of nitrogens with zero attached hydrogens (tertiary/aromatic N) is 1. The van der Waals surface area contributed by atoms with Crippen LogP contribution < -0.4 is 4.72 Å². The maximum atomic E-state index is 11.2. The van der Waals surface area contributed by atoms with E-state index in [1.54, 1.807) is 11.9 Å². The first-order chi connectivity index (χ1) is 9.23. The van der Waals surface area contributed by atoms with Gasteiger partial charge in [-0.25, -0.2) is 8.42 Å². The Morgan fingerprint density at radius 2 is 1.55 bits per heavy atom. The molecule has 0 aliphatic rings. The van der Waals surface area contributed by atoms with E-state index in [1.165, 1.54) is 6.92 Å². The Kier molecular flexibility index (Phi) is 17.4. The lowest BCUT2D eigenvalue weighted by molar-refractivity contribution is -0.118. The van der Waals surface area contributed by atoms with E-state index in [-0.39, 0.29) is 13.0 Å². The van der Waals surface area contributed by atoms with E-state index in [0.29, 0.717) is 19.5 Å². The molecule has 0 atom stereocenters. The number of carbonyl (C=O) groups excluding carboxylic acids is 2. The molecule has 0 spiro atoms. The molecule has 1 amide bonds. The molecular weight excluding hydrogens is 280 g/mol. The second-order valence-corrected chi connectivity index (χ2v) is 5.61. The molecule has 124 valence electrons. The molecular formula is C13H32N2O4S. The Morgan fingerprint density at radius 1 is 1.10 bits per heavy atom. The fourth-order valence-electron chi connectivity index (χ4n) is 1.25. The zero-order valence-corrected chi connectivity index (χ0v) is 14.6. The molecule has 0 aromatic rings. The molecule has 20 heavy (non-hydrogen) atoms. The number of sulfonamides is 1. The molecule has 0 rings (SSSR count). The molecule has 0 aliphatic carbocycles. The second kappa shape index (κ2) is 14.5. The van der Waals surface area contributed by atoms with Gasteiger partial charge in [-0.05, 0) is 26.9 Å². The molecule has 0 aromatic carbocycles. The van der Waals surface area contributed by atoms with Crippen molar-refractivity contribution in [3.05, 3.63) is 0 Å². The highest BCUT2D eigenvalue weighted by molar-refractivity contribution is 7.90. The van der Waals surface area contributed by atoms with Crippen LogP contribution in [-0.4, -0.2) is 50.9 Å². The monoisotopic (exact) mass is 312 g/mol.